The molecule has 0 saturated heterocycles. The third-order valence-electron chi connectivity index (χ3n) is 2.70. The van der Waals surface area contributed by atoms with E-state index in [9.17, 15) is 17.2 Å². The summed E-state index contributed by atoms with van der Waals surface area (Å²) < 4.78 is 52.0. The highest BCUT2D eigenvalue weighted by molar-refractivity contribution is 7.91. The van der Waals surface area contributed by atoms with E-state index >= 15 is 0 Å². The predicted octanol–water partition coefficient (Wildman–Crippen LogP) is 2.40. The van der Waals surface area contributed by atoms with Gasteiger partial charge in [0.15, 0.2) is 0 Å². The minimum absolute atomic E-state index is 0.131. The van der Waals surface area contributed by atoms with Crippen LogP contribution in [-0.4, -0.2) is 13.5 Å². The van der Waals surface area contributed by atoms with E-state index < -0.39 is 21.7 Å². The van der Waals surface area contributed by atoms with Crippen molar-refractivity contribution in [1.29, 1.82) is 0 Å². The first-order valence-corrected chi connectivity index (χ1v) is 7.68. The number of aliphatic hydroxyl groups is 1. The highest BCUT2D eigenvalue weighted by Crippen LogP contribution is 2.16. The van der Waals surface area contributed by atoms with Crippen LogP contribution < -0.4 is 4.72 Å². The second-order valence-electron chi connectivity index (χ2n) is 4.49. The fourth-order valence-corrected chi connectivity index (χ4v) is 2.97. The summed E-state index contributed by atoms with van der Waals surface area (Å²) in [6.45, 7) is -0.131. The van der Waals surface area contributed by atoms with Gasteiger partial charge in [0.1, 0.15) is 11.6 Å². The average Bonchev–Trinajstić information content (AvgIpc) is 2.37. The quantitative estimate of drug-likeness (QED) is 0.891. The third-order valence-corrected chi connectivity index (χ3v) is 3.96. The van der Waals surface area contributed by atoms with Gasteiger partial charge in [-0.1, -0.05) is 24.3 Å². The summed E-state index contributed by atoms with van der Waals surface area (Å²) in [4.78, 5) is 0. The van der Waals surface area contributed by atoms with Crippen LogP contribution in [0.1, 0.15) is 11.1 Å². The molecular formula is C14H13F2NO3S. The summed E-state index contributed by atoms with van der Waals surface area (Å²) in [5.41, 5.74) is 0.993. The molecule has 112 valence electrons. The zero-order chi connectivity index (χ0) is 15.5. The molecule has 0 radical (unpaired) electrons. The van der Waals surface area contributed by atoms with Crippen molar-refractivity contribution in [2.75, 3.05) is 4.72 Å². The van der Waals surface area contributed by atoms with E-state index in [1.165, 1.54) is 0 Å². The molecule has 0 spiro atoms. The van der Waals surface area contributed by atoms with E-state index in [0.29, 0.717) is 17.2 Å². The molecule has 2 N–H and O–H groups in total. The van der Waals surface area contributed by atoms with Crippen LogP contribution in [0.3, 0.4) is 0 Å². The standard InChI is InChI=1S/C14H13F2NO3S/c15-12-5-13(16)7-14(6-12)17-21(19,20)9-11-3-1-10(8-18)2-4-11/h1-7,17-18H,8-9H2. The largest absolute Gasteiger partial charge is 0.392 e. The van der Waals surface area contributed by atoms with Gasteiger partial charge in [0.2, 0.25) is 10.0 Å². The van der Waals surface area contributed by atoms with Crippen molar-refractivity contribution < 1.29 is 22.3 Å². The van der Waals surface area contributed by atoms with Gasteiger partial charge in [-0.05, 0) is 23.3 Å². The molecule has 0 atom stereocenters. The molecule has 0 heterocycles. The lowest BCUT2D eigenvalue weighted by molar-refractivity contribution is 0.282. The van der Waals surface area contributed by atoms with E-state index in [0.717, 1.165) is 12.1 Å². The topological polar surface area (TPSA) is 66.4 Å². The van der Waals surface area contributed by atoms with Crippen LogP contribution in [0, 0.1) is 11.6 Å². The number of halogens is 2. The monoisotopic (exact) mass is 313 g/mol. The second kappa shape index (κ2) is 6.19. The molecule has 0 unspecified atom stereocenters. The molecule has 0 aromatic heterocycles. The van der Waals surface area contributed by atoms with E-state index in [-0.39, 0.29) is 18.0 Å². The summed E-state index contributed by atoms with van der Waals surface area (Å²) in [7, 11) is -3.79. The van der Waals surface area contributed by atoms with Crippen LogP contribution in [0.15, 0.2) is 42.5 Å². The van der Waals surface area contributed by atoms with Crippen molar-refractivity contribution >= 4 is 15.7 Å². The van der Waals surface area contributed by atoms with Gasteiger partial charge in [0, 0.05) is 6.07 Å². The Labute approximate surface area is 121 Å². The summed E-state index contributed by atoms with van der Waals surface area (Å²) in [6.07, 6.45) is 0. The number of hydrogen-bond acceptors (Lipinski definition) is 3. The van der Waals surface area contributed by atoms with Crippen molar-refractivity contribution in [2.24, 2.45) is 0 Å². The Hall–Kier alpha value is -1.99. The first-order valence-electron chi connectivity index (χ1n) is 6.03. The first-order chi connectivity index (χ1) is 9.88. The predicted molar refractivity (Wildman–Crippen MR) is 75.0 cm³/mol. The van der Waals surface area contributed by atoms with Gasteiger partial charge in [-0.2, -0.15) is 0 Å². The molecule has 0 fully saturated rings. The number of rotatable bonds is 5. The zero-order valence-electron chi connectivity index (χ0n) is 10.9. The molecule has 0 amide bonds. The maximum Gasteiger partial charge on any atom is 0.236 e. The Bertz CT molecular complexity index is 710. The SMILES string of the molecule is O=S(=O)(Cc1ccc(CO)cc1)Nc1cc(F)cc(F)c1. The number of anilines is 1. The number of benzene rings is 2. The minimum atomic E-state index is -3.79. The van der Waals surface area contributed by atoms with Gasteiger partial charge in [0.05, 0.1) is 18.0 Å². The smallest absolute Gasteiger partial charge is 0.236 e. The lowest BCUT2D eigenvalue weighted by Crippen LogP contribution is -2.15. The molecule has 2 aromatic carbocycles. The van der Waals surface area contributed by atoms with Crippen LogP contribution in [0.5, 0.6) is 0 Å². The Balaban J connectivity index is 2.14. The third kappa shape index (κ3) is 4.51. The van der Waals surface area contributed by atoms with Crippen molar-refractivity contribution in [3.63, 3.8) is 0 Å². The fourth-order valence-electron chi connectivity index (χ4n) is 1.79. The van der Waals surface area contributed by atoms with Crippen molar-refractivity contribution in [3.05, 3.63) is 65.2 Å². The van der Waals surface area contributed by atoms with Gasteiger partial charge in [-0.25, -0.2) is 17.2 Å². The summed E-state index contributed by atoms with van der Waals surface area (Å²) in [5.74, 6) is -2.06. The van der Waals surface area contributed by atoms with E-state index in [1.54, 1.807) is 24.3 Å². The normalized spacial score (nSPS) is 11.4. The van der Waals surface area contributed by atoms with Crippen molar-refractivity contribution in [2.45, 2.75) is 12.4 Å². The molecule has 2 rings (SSSR count). The van der Waals surface area contributed by atoms with Crippen LogP contribution >= 0.6 is 0 Å². The molecular weight excluding hydrogens is 300 g/mol. The highest BCUT2D eigenvalue weighted by Gasteiger charge is 2.13. The Morgan fingerprint density at radius 3 is 2.00 bits per heavy atom. The van der Waals surface area contributed by atoms with Gasteiger partial charge >= 0.3 is 0 Å². The molecule has 0 saturated carbocycles. The first kappa shape index (κ1) is 15.4. The van der Waals surface area contributed by atoms with Crippen LogP contribution in [0.2, 0.25) is 0 Å². The summed E-state index contributed by atoms with van der Waals surface area (Å²) in [5, 5.41) is 8.91. The molecule has 0 aliphatic carbocycles. The van der Waals surface area contributed by atoms with E-state index in [4.69, 9.17) is 5.11 Å². The number of nitrogens with one attached hydrogen (secondary N) is 1. The number of sulfonamides is 1. The molecule has 2 aromatic rings. The molecule has 4 nitrogen and oxygen atoms in total. The number of hydrogen-bond donors (Lipinski definition) is 2. The van der Waals surface area contributed by atoms with Gasteiger partial charge in [-0.15, -0.1) is 0 Å². The second-order valence-corrected chi connectivity index (χ2v) is 6.22. The molecule has 21 heavy (non-hydrogen) atoms. The Kier molecular flexibility index (Phi) is 4.54. The van der Waals surface area contributed by atoms with Crippen LogP contribution in [-0.2, 0) is 22.4 Å². The molecule has 0 bridgehead atoms. The maximum atomic E-state index is 13.0. The lowest BCUT2D eigenvalue weighted by Gasteiger charge is -2.09. The lowest BCUT2D eigenvalue weighted by atomic mass is 10.2. The Morgan fingerprint density at radius 1 is 0.952 bits per heavy atom. The average molecular weight is 313 g/mol. The minimum Gasteiger partial charge on any atom is -0.392 e. The van der Waals surface area contributed by atoms with E-state index in [2.05, 4.69) is 4.72 Å². The zero-order valence-corrected chi connectivity index (χ0v) is 11.7. The van der Waals surface area contributed by atoms with Crippen LogP contribution in [0.4, 0.5) is 14.5 Å². The molecule has 0 aliphatic rings. The highest BCUT2D eigenvalue weighted by atomic mass is 32.2. The molecule has 7 heteroatoms. The molecule has 0 aliphatic heterocycles. The summed E-state index contributed by atoms with van der Waals surface area (Å²) >= 11 is 0. The van der Waals surface area contributed by atoms with Gasteiger partial charge in [-0.3, -0.25) is 4.72 Å². The Morgan fingerprint density at radius 2 is 1.48 bits per heavy atom. The fraction of sp³-hybridized carbons (Fsp3) is 0.143. The van der Waals surface area contributed by atoms with E-state index in [1.807, 2.05) is 0 Å². The van der Waals surface area contributed by atoms with Gasteiger partial charge < -0.3 is 5.11 Å². The summed E-state index contributed by atoms with van der Waals surface area (Å²) in [6, 6.07) is 8.80. The van der Waals surface area contributed by atoms with Crippen molar-refractivity contribution in [3.8, 4) is 0 Å². The number of aliphatic hydroxyl groups excluding tert-OH is 1. The van der Waals surface area contributed by atoms with Crippen molar-refractivity contribution in [1.82, 2.24) is 0 Å². The van der Waals surface area contributed by atoms with Gasteiger partial charge in [0.25, 0.3) is 0 Å². The maximum absolute atomic E-state index is 13.0. The van der Waals surface area contributed by atoms with Crippen LogP contribution in [0.25, 0.3) is 0 Å².